The van der Waals surface area contributed by atoms with Gasteiger partial charge in [-0.15, -0.1) is 0 Å². The summed E-state index contributed by atoms with van der Waals surface area (Å²) in [6.45, 7) is 6.69. The van der Waals surface area contributed by atoms with Gasteiger partial charge >= 0.3 is 6.03 Å². The van der Waals surface area contributed by atoms with Gasteiger partial charge in [0, 0.05) is 31.9 Å². The van der Waals surface area contributed by atoms with Crippen LogP contribution in [-0.4, -0.2) is 47.8 Å². The maximum Gasteiger partial charge on any atom is 0.321 e. The van der Waals surface area contributed by atoms with Crippen LogP contribution >= 0.6 is 0 Å². The van der Waals surface area contributed by atoms with E-state index in [1.54, 1.807) is 17.0 Å². The van der Waals surface area contributed by atoms with Crippen LogP contribution in [0.2, 0.25) is 0 Å². The number of nitrogens with one attached hydrogen (secondary N) is 1. The lowest BCUT2D eigenvalue weighted by Crippen LogP contribution is -2.39. The molecule has 2 heterocycles. The summed E-state index contributed by atoms with van der Waals surface area (Å²) in [5.41, 5.74) is 4.58. The Morgan fingerprint density at radius 3 is 2.50 bits per heavy atom. The second kappa shape index (κ2) is 9.17. The van der Waals surface area contributed by atoms with Crippen molar-refractivity contribution in [2.75, 3.05) is 31.5 Å². The molecule has 2 aliphatic heterocycles. The standard InChI is InChI=1S/C27H27FN4O2/c1-18-5-11-24-22(16-18)26(30-23-10-4-19(2)17-25(23)34-24)31-12-3-13-32(15-14-31)27(33)29-21-8-6-20(28)7-9-21/h4-11,16-17H,3,12-15H2,1-2H3,(H,29,33). The van der Waals surface area contributed by atoms with Crippen LogP contribution in [0.5, 0.6) is 11.5 Å². The van der Waals surface area contributed by atoms with Crippen molar-refractivity contribution in [3.8, 4) is 11.5 Å². The predicted molar refractivity (Wildman–Crippen MR) is 132 cm³/mol. The molecule has 0 atom stereocenters. The highest BCUT2D eigenvalue weighted by Crippen LogP contribution is 2.39. The van der Waals surface area contributed by atoms with Gasteiger partial charge in [-0.1, -0.05) is 17.7 Å². The minimum absolute atomic E-state index is 0.184. The van der Waals surface area contributed by atoms with Gasteiger partial charge in [0.25, 0.3) is 0 Å². The second-order valence-electron chi connectivity index (χ2n) is 8.77. The van der Waals surface area contributed by atoms with Crippen LogP contribution in [0.25, 0.3) is 0 Å². The van der Waals surface area contributed by atoms with Crippen LogP contribution in [0.1, 0.15) is 23.1 Å². The normalized spacial score (nSPS) is 15.3. The molecule has 6 nitrogen and oxygen atoms in total. The van der Waals surface area contributed by atoms with Crippen LogP contribution in [0, 0.1) is 19.7 Å². The number of hydrogen-bond acceptors (Lipinski definition) is 4. The molecule has 0 saturated carbocycles. The van der Waals surface area contributed by atoms with Crippen molar-refractivity contribution in [2.24, 2.45) is 4.99 Å². The molecule has 3 aromatic rings. The summed E-state index contributed by atoms with van der Waals surface area (Å²) in [4.78, 5) is 21.9. The Morgan fingerprint density at radius 2 is 1.68 bits per heavy atom. The van der Waals surface area contributed by atoms with Gasteiger partial charge < -0.3 is 19.9 Å². The van der Waals surface area contributed by atoms with Crippen LogP contribution < -0.4 is 10.1 Å². The van der Waals surface area contributed by atoms with Gasteiger partial charge in [0.15, 0.2) is 5.75 Å². The molecule has 0 radical (unpaired) electrons. The Kier molecular flexibility index (Phi) is 5.92. The number of aryl methyl sites for hydroxylation is 2. The van der Waals surface area contributed by atoms with Gasteiger partial charge in [-0.3, -0.25) is 0 Å². The Balaban J connectivity index is 1.39. The Hall–Kier alpha value is -3.87. The first-order valence-corrected chi connectivity index (χ1v) is 11.5. The summed E-state index contributed by atoms with van der Waals surface area (Å²) < 4.78 is 19.5. The molecule has 1 N–H and O–H groups in total. The number of benzene rings is 3. The third-order valence-electron chi connectivity index (χ3n) is 6.12. The number of amidine groups is 1. The number of fused-ring (bicyclic) bond motifs is 2. The van der Waals surface area contributed by atoms with Crippen molar-refractivity contribution < 1.29 is 13.9 Å². The van der Waals surface area contributed by atoms with Crippen LogP contribution in [0.4, 0.5) is 20.6 Å². The van der Waals surface area contributed by atoms with Gasteiger partial charge in [0.1, 0.15) is 23.1 Å². The SMILES string of the molecule is Cc1ccc2c(c1)Oc1ccc(C)cc1C(N1CCCN(C(=O)Nc3ccc(F)cc3)CC1)=N2. The van der Waals surface area contributed by atoms with Crippen LogP contribution in [0.15, 0.2) is 65.7 Å². The fraction of sp³-hybridized carbons (Fsp3) is 0.259. The summed E-state index contributed by atoms with van der Waals surface area (Å²) in [7, 11) is 0. The van der Waals surface area contributed by atoms with E-state index < -0.39 is 0 Å². The predicted octanol–water partition coefficient (Wildman–Crippen LogP) is 5.87. The molecule has 0 spiro atoms. The first-order chi connectivity index (χ1) is 16.5. The molecule has 0 aromatic heterocycles. The average molecular weight is 459 g/mol. The Bertz CT molecular complexity index is 1260. The molecule has 7 heteroatoms. The number of anilines is 1. The number of ether oxygens (including phenoxy) is 1. The average Bonchev–Trinajstić information content (AvgIpc) is 3.15. The molecule has 1 fully saturated rings. The molecule has 0 bridgehead atoms. The third-order valence-corrected chi connectivity index (χ3v) is 6.12. The second-order valence-corrected chi connectivity index (χ2v) is 8.77. The quantitative estimate of drug-likeness (QED) is 0.496. The molecular formula is C27H27FN4O2. The number of rotatable bonds is 1. The summed E-state index contributed by atoms with van der Waals surface area (Å²) in [5.74, 6) is 2.06. The highest BCUT2D eigenvalue weighted by molar-refractivity contribution is 6.04. The Labute approximate surface area is 198 Å². The number of nitrogens with zero attached hydrogens (tertiary/aromatic N) is 3. The van der Waals surface area contributed by atoms with Crippen molar-refractivity contribution in [2.45, 2.75) is 20.3 Å². The first-order valence-electron chi connectivity index (χ1n) is 11.5. The highest BCUT2D eigenvalue weighted by atomic mass is 19.1. The van der Waals surface area contributed by atoms with E-state index in [1.807, 2.05) is 37.3 Å². The number of aliphatic imine (C=N–C) groups is 1. The van der Waals surface area contributed by atoms with Gasteiger partial charge in [-0.2, -0.15) is 0 Å². The number of amides is 2. The lowest BCUT2D eigenvalue weighted by molar-refractivity contribution is 0.214. The molecule has 1 saturated heterocycles. The zero-order valence-corrected chi connectivity index (χ0v) is 19.3. The minimum Gasteiger partial charge on any atom is -0.454 e. The maximum absolute atomic E-state index is 13.2. The van der Waals surface area contributed by atoms with Gasteiger partial charge in [0.05, 0.1) is 5.56 Å². The third kappa shape index (κ3) is 4.59. The zero-order chi connectivity index (χ0) is 23.7. The summed E-state index contributed by atoms with van der Waals surface area (Å²) >= 11 is 0. The smallest absolute Gasteiger partial charge is 0.321 e. The summed E-state index contributed by atoms with van der Waals surface area (Å²) in [6.07, 6.45) is 0.804. The van der Waals surface area contributed by atoms with E-state index in [2.05, 4.69) is 23.2 Å². The molecule has 0 unspecified atom stereocenters. The van der Waals surface area contributed by atoms with E-state index in [0.717, 1.165) is 52.7 Å². The zero-order valence-electron chi connectivity index (χ0n) is 19.3. The molecule has 0 aliphatic carbocycles. The fourth-order valence-corrected chi connectivity index (χ4v) is 4.30. The van der Waals surface area contributed by atoms with Crippen molar-refractivity contribution in [3.05, 3.63) is 83.2 Å². The van der Waals surface area contributed by atoms with E-state index in [-0.39, 0.29) is 11.8 Å². The van der Waals surface area contributed by atoms with Crippen molar-refractivity contribution in [1.29, 1.82) is 0 Å². The maximum atomic E-state index is 13.2. The van der Waals surface area contributed by atoms with E-state index in [4.69, 9.17) is 9.73 Å². The lowest BCUT2D eigenvalue weighted by atomic mass is 10.1. The van der Waals surface area contributed by atoms with Crippen LogP contribution in [0.3, 0.4) is 0 Å². The van der Waals surface area contributed by atoms with E-state index >= 15 is 0 Å². The topological polar surface area (TPSA) is 57.2 Å². The van der Waals surface area contributed by atoms with Gasteiger partial charge in [-0.05, 0) is 74.4 Å². The monoisotopic (exact) mass is 458 g/mol. The van der Waals surface area contributed by atoms with E-state index in [1.165, 1.54) is 12.1 Å². The largest absolute Gasteiger partial charge is 0.454 e. The van der Waals surface area contributed by atoms with Gasteiger partial charge in [-0.25, -0.2) is 14.2 Å². The molecule has 2 amide bonds. The van der Waals surface area contributed by atoms with Crippen LogP contribution in [-0.2, 0) is 0 Å². The number of carbonyl (C=O) groups excluding carboxylic acids is 1. The van der Waals surface area contributed by atoms with Crippen molar-refractivity contribution >= 4 is 23.2 Å². The summed E-state index contributed by atoms with van der Waals surface area (Å²) in [6, 6.07) is 17.8. The fourth-order valence-electron chi connectivity index (χ4n) is 4.30. The number of halogens is 1. The molecular weight excluding hydrogens is 431 g/mol. The Morgan fingerprint density at radius 1 is 0.912 bits per heavy atom. The highest BCUT2D eigenvalue weighted by Gasteiger charge is 2.26. The minimum atomic E-state index is -0.330. The molecule has 34 heavy (non-hydrogen) atoms. The number of hydrogen-bond donors (Lipinski definition) is 1. The van der Waals surface area contributed by atoms with Gasteiger partial charge in [0.2, 0.25) is 0 Å². The number of carbonyl (C=O) groups is 1. The van der Waals surface area contributed by atoms with Crippen molar-refractivity contribution in [1.82, 2.24) is 9.80 Å². The van der Waals surface area contributed by atoms with Crippen molar-refractivity contribution in [3.63, 3.8) is 0 Å². The lowest BCUT2D eigenvalue weighted by Gasteiger charge is -2.25. The van der Waals surface area contributed by atoms with E-state index in [9.17, 15) is 9.18 Å². The summed E-state index contributed by atoms with van der Waals surface area (Å²) in [5, 5.41) is 2.86. The molecule has 174 valence electrons. The molecule has 3 aromatic carbocycles. The number of urea groups is 1. The van der Waals surface area contributed by atoms with E-state index in [0.29, 0.717) is 25.3 Å². The molecule has 2 aliphatic rings. The first kappa shape index (κ1) is 21.9. The molecule has 5 rings (SSSR count).